The number of carboxylic acid groups (broad SMARTS) is 1. The van der Waals surface area contributed by atoms with Gasteiger partial charge < -0.3 is 19.3 Å². The van der Waals surface area contributed by atoms with Crippen molar-refractivity contribution in [3.05, 3.63) is 17.7 Å². The van der Waals surface area contributed by atoms with Gasteiger partial charge in [0.25, 0.3) is 0 Å². The summed E-state index contributed by atoms with van der Waals surface area (Å²) in [5.74, 6) is 0.851. The van der Waals surface area contributed by atoms with E-state index >= 15 is 0 Å². The van der Waals surface area contributed by atoms with E-state index in [0.29, 0.717) is 17.2 Å². The van der Waals surface area contributed by atoms with E-state index in [1.54, 1.807) is 21.3 Å². The number of nitrogens with zero attached hydrogens (tertiary/aromatic N) is 1. The maximum atomic E-state index is 11.0. The van der Waals surface area contributed by atoms with Crippen LogP contribution >= 0.6 is 11.8 Å². The fraction of sp³-hybridized carbons (Fsp3) is 0.529. The summed E-state index contributed by atoms with van der Waals surface area (Å²) in [5, 5.41) is 10.0. The van der Waals surface area contributed by atoms with Gasteiger partial charge in [0, 0.05) is 12.8 Å². The summed E-state index contributed by atoms with van der Waals surface area (Å²) in [6.45, 7) is 1.86. The van der Waals surface area contributed by atoms with Gasteiger partial charge in [-0.2, -0.15) is 0 Å². The first-order valence-corrected chi connectivity index (χ1v) is 8.86. The molecule has 6 nitrogen and oxygen atoms in total. The Hall–Kier alpha value is -1.89. The SMILES string of the molecule is COc1cc(C(SCC(=O)O)=[N+]2CCCCC2)cc(OC)c1OC. The quantitative estimate of drug-likeness (QED) is 0.625. The molecular formula is C17H24NO5S+. The molecule has 1 fully saturated rings. The van der Waals surface area contributed by atoms with Crippen LogP contribution in [0.3, 0.4) is 0 Å². The Morgan fingerprint density at radius 1 is 1.08 bits per heavy atom. The van der Waals surface area contributed by atoms with Crippen molar-refractivity contribution in [2.45, 2.75) is 19.3 Å². The monoisotopic (exact) mass is 354 g/mol. The molecule has 0 radical (unpaired) electrons. The van der Waals surface area contributed by atoms with Gasteiger partial charge in [-0.25, -0.2) is 4.58 Å². The number of ether oxygens (including phenoxy) is 3. The number of thioether (sulfide) groups is 1. The van der Waals surface area contributed by atoms with Crippen molar-refractivity contribution in [3.63, 3.8) is 0 Å². The molecule has 24 heavy (non-hydrogen) atoms. The number of hydrogen-bond donors (Lipinski definition) is 1. The number of hydrogen-bond acceptors (Lipinski definition) is 5. The van der Waals surface area contributed by atoms with E-state index in [0.717, 1.165) is 36.5 Å². The number of piperidine rings is 1. The molecule has 0 saturated carbocycles. The van der Waals surface area contributed by atoms with E-state index in [1.807, 2.05) is 12.1 Å². The largest absolute Gasteiger partial charge is 0.493 e. The highest BCUT2D eigenvalue weighted by molar-refractivity contribution is 8.14. The van der Waals surface area contributed by atoms with Crippen molar-refractivity contribution < 1.29 is 28.7 Å². The van der Waals surface area contributed by atoms with Gasteiger partial charge in [0.15, 0.2) is 11.5 Å². The van der Waals surface area contributed by atoms with Gasteiger partial charge in [0.05, 0.1) is 26.9 Å². The molecule has 0 atom stereocenters. The van der Waals surface area contributed by atoms with Crippen molar-refractivity contribution in [1.29, 1.82) is 0 Å². The second-order valence-electron chi connectivity index (χ2n) is 5.45. The molecule has 132 valence electrons. The number of carboxylic acids is 1. The lowest BCUT2D eigenvalue weighted by atomic mass is 10.1. The first-order valence-electron chi connectivity index (χ1n) is 7.87. The zero-order valence-electron chi connectivity index (χ0n) is 14.3. The number of carbonyl (C=O) groups is 1. The number of rotatable bonds is 6. The lowest BCUT2D eigenvalue weighted by Crippen LogP contribution is -2.27. The van der Waals surface area contributed by atoms with Crippen LogP contribution in [0.5, 0.6) is 17.2 Å². The van der Waals surface area contributed by atoms with Crippen molar-refractivity contribution in [2.75, 3.05) is 40.2 Å². The fourth-order valence-corrected chi connectivity index (χ4v) is 3.70. The molecular weight excluding hydrogens is 330 g/mol. The van der Waals surface area contributed by atoms with Gasteiger partial charge in [0.2, 0.25) is 10.8 Å². The molecule has 1 aromatic rings. The Morgan fingerprint density at radius 3 is 2.12 bits per heavy atom. The van der Waals surface area contributed by atoms with E-state index in [-0.39, 0.29) is 5.75 Å². The van der Waals surface area contributed by atoms with Crippen molar-refractivity contribution in [1.82, 2.24) is 0 Å². The molecule has 1 saturated heterocycles. The van der Waals surface area contributed by atoms with Gasteiger partial charge >= 0.3 is 5.97 Å². The maximum absolute atomic E-state index is 11.0. The average molecular weight is 354 g/mol. The Kier molecular flexibility index (Phi) is 6.78. The smallest absolute Gasteiger partial charge is 0.314 e. The van der Waals surface area contributed by atoms with E-state index in [4.69, 9.17) is 19.3 Å². The maximum Gasteiger partial charge on any atom is 0.314 e. The molecule has 0 aliphatic carbocycles. The molecule has 1 aromatic carbocycles. The van der Waals surface area contributed by atoms with Crippen LogP contribution in [-0.2, 0) is 4.79 Å². The van der Waals surface area contributed by atoms with Crippen LogP contribution in [0.1, 0.15) is 24.8 Å². The zero-order chi connectivity index (χ0) is 17.5. The van der Waals surface area contributed by atoms with Crippen molar-refractivity contribution >= 4 is 22.8 Å². The summed E-state index contributed by atoms with van der Waals surface area (Å²) in [4.78, 5) is 11.0. The third-order valence-corrected chi connectivity index (χ3v) is 5.05. The number of methoxy groups -OCH3 is 3. The van der Waals surface area contributed by atoms with E-state index < -0.39 is 5.97 Å². The van der Waals surface area contributed by atoms with Crippen LogP contribution in [0, 0.1) is 0 Å². The third-order valence-electron chi connectivity index (χ3n) is 3.89. The minimum Gasteiger partial charge on any atom is -0.493 e. The van der Waals surface area contributed by atoms with Crippen LogP contribution in [-0.4, -0.2) is 60.9 Å². The first-order chi connectivity index (χ1) is 11.6. The van der Waals surface area contributed by atoms with Crippen molar-refractivity contribution in [2.24, 2.45) is 0 Å². The van der Waals surface area contributed by atoms with E-state index in [1.165, 1.54) is 18.2 Å². The zero-order valence-corrected chi connectivity index (χ0v) is 15.1. The first kappa shape index (κ1) is 18.4. The minimum absolute atomic E-state index is 0.0164. The predicted molar refractivity (Wildman–Crippen MR) is 94.1 cm³/mol. The molecule has 0 amide bonds. The van der Waals surface area contributed by atoms with Gasteiger partial charge in [0.1, 0.15) is 18.8 Å². The molecule has 0 bridgehead atoms. The second kappa shape index (κ2) is 8.82. The fourth-order valence-electron chi connectivity index (χ4n) is 2.79. The summed E-state index contributed by atoms with van der Waals surface area (Å²) < 4.78 is 18.5. The highest BCUT2D eigenvalue weighted by Gasteiger charge is 2.25. The highest BCUT2D eigenvalue weighted by Crippen LogP contribution is 2.39. The molecule has 1 aliphatic rings. The molecule has 1 heterocycles. The molecule has 1 N–H and O–H groups in total. The summed E-state index contributed by atoms with van der Waals surface area (Å²) in [5.41, 5.74) is 0.887. The Balaban J connectivity index is 2.50. The summed E-state index contributed by atoms with van der Waals surface area (Å²) in [7, 11) is 4.71. The Morgan fingerprint density at radius 2 is 1.67 bits per heavy atom. The minimum atomic E-state index is -0.832. The van der Waals surface area contributed by atoms with Gasteiger partial charge in [-0.15, -0.1) is 0 Å². The highest BCUT2D eigenvalue weighted by atomic mass is 32.2. The van der Waals surface area contributed by atoms with E-state index in [9.17, 15) is 4.79 Å². The number of aliphatic carboxylic acids is 1. The Bertz CT molecular complexity index is 596. The third kappa shape index (κ3) is 4.35. The summed E-state index contributed by atoms with van der Waals surface area (Å²) >= 11 is 1.33. The standard InChI is InChI=1S/C17H23NO5S/c1-21-13-9-12(10-14(22-2)16(13)23-3)17(24-11-15(19)20)18-7-5-4-6-8-18/h9-10H,4-8,11H2,1-3H3/p+1. The molecule has 0 spiro atoms. The predicted octanol–water partition coefficient (Wildman–Crippen LogP) is 2.47. The number of benzene rings is 1. The van der Waals surface area contributed by atoms with Gasteiger partial charge in [-0.05, 0) is 30.3 Å². The lowest BCUT2D eigenvalue weighted by Gasteiger charge is -2.17. The van der Waals surface area contributed by atoms with Crippen molar-refractivity contribution in [3.8, 4) is 17.2 Å². The Labute approximate surface area is 146 Å². The van der Waals surface area contributed by atoms with Crippen LogP contribution in [0.15, 0.2) is 12.1 Å². The summed E-state index contributed by atoms with van der Waals surface area (Å²) in [6.07, 6.45) is 3.44. The normalized spacial score (nSPS) is 14.2. The second-order valence-corrected chi connectivity index (χ2v) is 6.41. The van der Waals surface area contributed by atoms with Crippen LogP contribution in [0.25, 0.3) is 0 Å². The average Bonchev–Trinajstić information content (AvgIpc) is 2.61. The van der Waals surface area contributed by atoms with Crippen LogP contribution in [0.2, 0.25) is 0 Å². The topological polar surface area (TPSA) is 68.0 Å². The van der Waals surface area contributed by atoms with E-state index in [2.05, 4.69) is 4.58 Å². The lowest BCUT2D eigenvalue weighted by molar-refractivity contribution is -0.534. The molecule has 0 aromatic heterocycles. The molecule has 0 unspecified atom stereocenters. The van der Waals surface area contributed by atoms with Crippen LogP contribution in [0.4, 0.5) is 0 Å². The molecule has 2 rings (SSSR count). The summed E-state index contributed by atoms with van der Waals surface area (Å²) in [6, 6.07) is 3.75. The van der Waals surface area contributed by atoms with Gasteiger partial charge in [-0.3, -0.25) is 4.79 Å². The molecule has 7 heteroatoms. The van der Waals surface area contributed by atoms with Gasteiger partial charge in [-0.1, -0.05) is 0 Å². The molecule has 1 aliphatic heterocycles. The van der Waals surface area contributed by atoms with Crippen LogP contribution < -0.4 is 14.2 Å².